The summed E-state index contributed by atoms with van der Waals surface area (Å²) in [5, 5.41) is 2.36. The van der Waals surface area contributed by atoms with Crippen molar-refractivity contribution in [1.82, 2.24) is 4.98 Å². The average Bonchev–Trinajstić information content (AvgIpc) is 2.14. The Labute approximate surface area is 99.8 Å². The first-order chi connectivity index (χ1) is 6.59. The van der Waals surface area contributed by atoms with Gasteiger partial charge in [-0.15, -0.1) is 0 Å². The van der Waals surface area contributed by atoms with Crippen molar-refractivity contribution in [3.8, 4) is 0 Å². The molecule has 0 spiro atoms. The summed E-state index contributed by atoms with van der Waals surface area (Å²) in [7, 11) is 0. The highest BCUT2D eigenvalue weighted by atomic mass is 79.9. The summed E-state index contributed by atoms with van der Waals surface area (Å²) < 4.78 is 1.99. The van der Waals surface area contributed by atoms with E-state index in [1.54, 1.807) is 0 Å². The van der Waals surface area contributed by atoms with Gasteiger partial charge < -0.3 is 0 Å². The largest absolute Gasteiger partial charge is 0.244 e. The lowest BCUT2D eigenvalue weighted by atomic mass is 10.1. The molecule has 0 saturated heterocycles. The summed E-state index contributed by atoms with van der Waals surface area (Å²) in [5.74, 6) is 0. The second-order valence-electron chi connectivity index (χ2n) is 3.35. The molecule has 0 unspecified atom stereocenters. The summed E-state index contributed by atoms with van der Waals surface area (Å²) in [4.78, 5) is 4.41. The molecule has 0 aliphatic heterocycles. The maximum atomic E-state index is 4.41. The predicted octanol–water partition coefficient (Wildman–Crippen LogP) is 4.38. The Morgan fingerprint density at radius 1 is 1.07 bits per heavy atom. The molecule has 0 aliphatic carbocycles. The van der Waals surface area contributed by atoms with E-state index >= 15 is 0 Å². The van der Waals surface area contributed by atoms with Crippen LogP contribution in [0.5, 0.6) is 0 Å². The van der Waals surface area contributed by atoms with Gasteiger partial charge in [-0.25, -0.2) is 4.98 Å². The molecule has 0 amide bonds. The van der Waals surface area contributed by atoms with E-state index in [1.807, 2.05) is 6.92 Å². The van der Waals surface area contributed by atoms with E-state index in [1.165, 1.54) is 10.9 Å². The lowest BCUT2D eigenvalue weighted by Crippen LogP contribution is -1.88. The molecular weight excluding hydrogens is 306 g/mol. The molecule has 2 rings (SSSR count). The maximum Gasteiger partial charge on any atom is 0.114 e. The van der Waals surface area contributed by atoms with Crippen molar-refractivity contribution in [2.45, 2.75) is 13.8 Å². The second kappa shape index (κ2) is 3.63. The standard InChI is InChI=1S/C11H9Br2N/c1-6-3-4-8-9(5-6)11(13)14-7(2)10(8)12/h3-5H,1-2H3. The van der Waals surface area contributed by atoms with Crippen LogP contribution < -0.4 is 0 Å². The fraction of sp³-hybridized carbons (Fsp3) is 0.182. The van der Waals surface area contributed by atoms with Crippen LogP contribution in [0.1, 0.15) is 11.3 Å². The third kappa shape index (κ3) is 1.59. The number of hydrogen-bond acceptors (Lipinski definition) is 1. The summed E-state index contributed by atoms with van der Waals surface area (Å²) in [6.07, 6.45) is 0. The summed E-state index contributed by atoms with van der Waals surface area (Å²) in [6, 6.07) is 6.36. The van der Waals surface area contributed by atoms with Gasteiger partial charge in [0, 0.05) is 15.2 Å². The van der Waals surface area contributed by atoms with Crippen LogP contribution in [0.3, 0.4) is 0 Å². The maximum absolute atomic E-state index is 4.41. The smallest absolute Gasteiger partial charge is 0.114 e. The van der Waals surface area contributed by atoms with Crippen LogP contribution >= 0.6 is 31.9 Å². The zero-order chi connectivity index (χ0) is 10.3. The fourth-order valence-corrected chi connectivity index (χ4v) is 2.50. The highest BCUT2D eigenvalue weighted by Gasteiger charge is 2.07. The summed E-state index contributed by atoms with van der Waals surface area (Å²) >= 11 is 7.04. The number of pyridine rings is 1. The number of fused-ring (bicyclic) bond motifs is 1. The van der Waals surface area contributed by atoms with Crippen molar-refractivity contribution in [3.63, 3.8) is 0 Å². The van der Waals surface area contributed by atoms with E-state index in [4.69, 9.17) is 0 Å². The second-order valence-corrected chi connectivity index (χ2v) is 4.90. The van der Waals surface area contributed by atoms with Gasteiger partial charge in [-0.2, -0.15) is 0 Å². The minimum absolute atomic E-state index is 0.914. The molecule has 2 aromatic rings. The van der Waals surface area contributed by atoms with E-state index in [0.29, 0.717) is 0 Å². The Morgan fingerprint density at radius 3 is 2.50 bits per heavy atom. The minimum atomic E-state index is 0.914. The monoisotopic (exact) mass is 313 g/mol. The topological polar surface area (TPSA) is 12.9 Å². The van der Waals surface area contributed by atoms with Crippen LogP contribution in [0.2, 0.25) is 0 Å². The zero-order valence-electron chi connectivity index (χ0n) is 7.94. The minimum Gasteiger partial charge on any atom is -0.244 e. The van der Waals surface area contributed by atoms with Crippen molar-refractivity contribution < 1.29 is 0 Å². The lowest BCUT2D eigenvalue weighted by Gasteiger charge is -2.06. The first kappa shape index (κ1) is 10.1. The number of nitrogens with zero attached hydrogens (tertiary/aromatic N) is 1. The molecule has 1 aromatic heterocycles. The van der Waals surface area contributed by atoms with Crippen LogP contribution in [-0.4, -0.2) is 4.98 Å². The van der Waals surface area contributed by atoms with Crippen LogP contribution in [0, 0.1) is 13.8 Å². The van der Waals surface area contributed by atoms with Crippen molar-refractivity contribution in [1.29, 1.82) is 0 Å². The number of halogens is 2. The van der Waals surface area contributed by atoms with Gasteiger partial charge in [-0.3, -0.25) is 0 Å². The van der Waals surface area contributed by atoms with Gasteiger partial charge >= 0.3 is 0 Å². The number of hydrogen-bond donors (Lipinski definition) is 0. The number of benzene rings is 1. The van der Waals surface area contributed by atoms with Crippen molar-refractivity contribution in [3.05, 3.63) is 38.5 Å². The van der Waals surface area contributed by atoms with Gasteiger partial charge in [-0.05, 0) is 51.8 Å². The van der Waals surface area contributed by atoms with Crippen LogP contribution in [-0.2, 0) is 0 Å². The van der Waals surface area contributed by atoms with E-state index in [2.05, 4.69) is 62.0 Å². The fourth-order valence-electron chi connectivity index (χ4n) is 1.47. The quantitative estimate of drug-likeness (QED) is 0.658. The molecule has 0 N–H and O–H groups in total. The van der Waals surface area contributed by atoms with Gasteiger partial charge in [0.2, 0.25) is 0 Å². The van der Waals surface area contributed by atoms with Gasteiger partial charge in [0.05, 0.1) is 5.69 Å². The molecule has 0 bridgehead atoms. The molecule has 0 aliphatic rings. The number of rotatable bonds is 0. The SMILES string of the molecule is Cc1ccc2c(Br)c(C)nc(Br)c2c1. The molecule has 0 fully saturated rings. The van der Waals surface area contributed by atoms with E-state index in [-0.39, 0.29) is 0 Å². The molecule has 3 heteroatoms. The van der Waals surface area contributed by atoms with E-state index in [9.17, 15) is 0 Å². The van der Waals surface area contributed by atoms with E-state index in [0.717, 1.165) is 20.2 Å². The Morgan fingerprint density at radius 2 is 1.79 bits per heavy atom. The number of aryl methyl sites for hydroxylation is 2. The molecule has 1 nitrogen and oxygen atoms in total. The Hall–Kier alpha value is -0.410. The predicted molar refractivity (Wildman–Crippen MR) is 66.6 cm³/mol. The van der Waals surface area contributed by atoms with Gasteiger partial charge in [0.1, 0.15) is 4.60 Å². The summed E-state index contributed by atoms with van der Waals surface area (Å²) in [5.41, 5.74) is 2.25. The molecule has 1 aromatic carbocycles. The van der Waals surface area contributed by atoms with Crippen molar-refractivity contribution >= 4 is 42.6 Å². The van der Waals surface area contributed by atoms with Crippen LogP contribution in [0.25, 0.3) is 10.8 Å². The molecule has 1 heterocycles. The van der Waals surface area contributed by atoms with Crippen molar-refractivity contribution in [2.75, 3.05) is 0 Å². The molecule has 0 radical (unpaired) electrons. The van der Waals surface area contributed by atoms with Gasteiger partial charge in [0.25, 0.3) is 0 Å². The molecule has 0 saturated carbocycles. The molecule has 14 heavy (non-hydrogen) atoms. The Bertz CT molecular complexity index is 506. The average molecular weight is 315 g/mol. The molecule has 72 valence electrons. The van der Waals surface area contributed by atoms with Crippen molar-refractivity contribution in [2.24, 2.45) is 0 Å². The number of aromatic nitrogens is 1. The van der Waals surface area contributed by atoms with Gasteiger partial charge in [0.15, 0.2) is 0 Å². The molecule has 0 atom stereocenters. The van der Waals surface area contributed by atoms with E-state index < -0.39 is 0 Å². The zero-order valence-corrected chi connectivity index (χ0v) is 11.1. The Balaban J connectivity index is 2.94. The third-order valence-electron chi connectivity index (χ3n) is 2.22. The lowest BCUT2D eigenvalue weighted by molar-refractivity contribution is 1.18. The summed E-state index contributed by atoms with van der Waals surface area (Å²) in [6.45, 7) is 4.08. The Kier molecular flexibility index (Phi) is 2.62. The van der Waals surface area contributed by atoms with Crippen LogP contribution in [0.15, 0.2) is 27.3 Å². The normalized spacial score (nSPS) is 10.9. The van der Waals surface area contributed by atoms with Gasteiger partial charge in [-0.1, -0.05) is 17.7 Å². The molecular formula is C11H9Br2N. The highest BCUT2D eigenvalue weighted by Crippen LogP contribution is 2.31. The first-order valence-corrected chi connectivity index (χ1v) is 5.90. The highest BCUT2D eigenvalue weighted by molar-refractivity contribution is 9.11. The third-order valence-corrected chi connectivity index (χ3v) is 3.82. The van der Waals surface area contributed by atoms with Crippen LogP contribution in [0.4, 0.5) is 0 Å². The first-order valence-electron chi connectivity index (χ1n) is 4.31.